The van der Waals surface area contributed by atoms with Crippen LogP contribution in [-0.4, -0.2) is 21.3 Å². The summed E-state index contributed by atoms with van der Waals surface area (Å²) in [4.78, 5) is 0. The fourth-order valence-corrected chi connectivity index (χ4v) is 2.77. The molecule has 19 heavy (non-hydrogen) atoms. The van der Waals surface area contributed by atoms with E-state index in [1.54, 1.807) is 21.3 Å². The molecule has 0 heterocycles. The lowest BCUT2D eigenvalue weighted by Gasteiger charge is -2.23. The van der Waals surface area contributed by atoms with E-state index in [2.05, 4.69) is 19.1 Å². The maximum absolute atomic E-state index is 5.56. The Bertz CT molecular complexity index is 477. The van der Waals surface area contributed by atoms with Crippen molar-refractivity contribution >= 4 is 0 Å². The van der Waals surface area contributed by atoms with Gasteiger partial charge >= 0.3 is 0 Å². The van der Waals surface area contributed by atoms with Crippen molar-refractivity contribution in [2.45, 2.75) is 32.1 Å². The Morgan fingerprint density at radius 2 is 1.74 bits per heavy atom. The summed E-state index contributed by atoms with van der Waals surface area (Å²) in [5.74, 6) is 2.58. The average Bonchev–Trinajstić information content (AvgIpc) is 2.45. The highest BCUT2D eigenvalue weighted by atomic mass is 16.5. The highest BCUT2D eigenvalue weighted by molar-refractivity contribution is 5.57. The van der Waals surface area contributed by atoms with E-state index < -0.39 is 0 Å². The Morgan fingerprint density at radius 1 is 1.00 bits per heavy atom. The maximum atomic E-state index is 5.56. The quantitative estimate of drug-likeness (QED) is 0.770. The summed E-state index contributed by atoms with van der Waals surface area (Å²) < 4.78 is 16.3. The summed E-state index contributed by atoms with van der Waals surface area (Å²) in [5.41, 5.74) is 2.63. The van der Waals surface area contributed by atoms with Gasteiger partial charge in [0.15, 0.2) is 11.5 Å². The lowest BCUT2D eigenvalue weighted by atomic mass is 9.85. The lowest BCUT2D eigenvalue weighted by molar-refractivity contribution is 0.321. The predicted molar refractivity (Wildman–Crippen MR) is 76.4 cm³/mol. The van der Waals surface area contributed by atoms with Crippen molar-refractivity contribution in [3.05, 3.63) is 29.3 Å². The number of hydrogen-bond acceptors (Lipinski definition) is 3. The van der Waals surface area contributed by atoms with Gasteiger partial charge in [0.1, 0.15) is 0 Å². The van der Waals surface area contributed by atoms with Gasteiger partial charge in [0.05, 0.1) is 21.3 Å². The zero-order valence-corrected chi connectivity index (χ0v) is 12.2. The van der Waals surface area contributed by atoms with E-state index in [0.29, 0.717) is 17.4 Å². The second kappa shape index (κ2) is 6.00. The van der Waals surface area contributed by atoms with Gasteiger partial charge in [0.2, 0.25) is 5.75 Å². The van der Waals surface area contributed by atoms with E-state index in [1.807, 2.05) is 6.07 Å². The van der Waals surface area contributed by atoms with Gasteiger partial charge in [-0.25, -0.2) is 0 Å². The highest BCUT2D eigenvalue weighted by Gasteiger charge is 2.22. The van der Waals surface area contributed by atoms with Gasteiger partial charge in [0.25, 0.3) is 0 Å². The van der Waals surface area contributed by atoms with Crippen LogP contribution in [0, 0.1) is 0 Å². The van der Waals surface area contributed by atoms with Crippen LogP contribution >= 0.6 is 0 Å². The van der Waals surface area contributed by atoms with E-state index >= 15 is 0 Å². The Labute approximate surface area is 115 Å². The van der Waals surface area contributed by atoms with Crippen molar-refractivity contribution in [3.63, 3.8) is 0 Å². The second-order valence-corrected chi connectivity index (χ2v) is 4.94. The van der Waals surface area contributed by atoms with Gasteiger partial charge < -0.3 is 14.2 Å². The van der Waals surface area contributed by atoms with Crippen molar-refractivity contribution in [2.24, 2.45) is 0 Å². The third kappa shape index (κ3) is 2.70. The van der Waals surface area contributed by atoms with Crippen LogP contribution in [0.25, 0.3) is 0 Å². The molecule has 0 aliphatic heterocycles. The molecule has 0 bridgehead atoms. The second-order valence-electron chi connectivity index (χ2n) is 4.94. The molecule has 104 valence electrons. The summed E-state index contributed by atoms with van der Waals surface area (Å²) in [6.45, 7) is 2.19. The molecule has 3 nitrogen and oxygen atoms in total. The molecule has 3 heteroatoms. The molecule has 0 N–H and O–H groups in total. The minimum absolute atomic E-state index is 0.406. The number of allylic oxidation sites excluding steroid dienone is 2. The summed E-state index contributed by atoms with van der Waals surface area (Å²) >= 11 is 0. The molecular formula is C16H22O3. The first-order valence-electron chi connectivity index (χ1n) is 6.67. The Hall–Kier alpha value is -1.64. The fraction of sp³-hybridized carbons (Fsp3) is 0.500. The van der Waals surface area contributed by atoms with Gasteiger partial charge in [-0.1, -0.05) is 17.7 Å². The standard InChI is InChI=1S/C16H22O3/c1-11-6-5-7-12(10-11)13-8-9-14(17-2)16(19-4)15(13)18-3/h8-10,12H,5-7H2,1-4H3. The number of benzene rings is 1. The molecular weight excluding hydrogens is 240 g/mol. The van der Waals surface area contributed by atoms with E-state index in [4.69, 9.17) is 14.2 Å². The number of rotatable bonds is 4. The zero-order chi connectivity index (χ0) is 13.8. The van der Waals surface area contributed by atoms with Crippen LogP contribution in [0.5, 0.6) is 17.2 Å². The molecule has 2 rings (SSSR count). The third-order valence-electron chi connectivity index (χ3n) is 3.71. The Morgan fingerprint density at radius 3 is 2.32 bits per heavy atom. The summed E-state index contributed by atoms with van der Waals surface area (Å²) in [6, 6.07) is 4.04. The largest absolute Gasteiger partial charge is 0.493 e. The zero-order valence-electron chi connectivity index (χ0n) is 12.2. The van der Waals surface area contributed by atoms with Crippen LogP contribution in [0.1, 0.15) is 37.7 Å². The van der Waals surface area contributed by atoms with E-state index in [9.17, 15) is 0 Å². The van der Waals surface area contributed by atoms with Gasteiger partial charge in [-0.3, -0.25) is 0 Å². The molecule has 0 aromatic heterocycles. The van der Waals surface area contributed by atoms with Crippen LogP contribution in [0.2, 0.25) is 0 Å². The molecule has 0 saturated heterocycles. The van der Waals surface area contributed by atoms with Crippen LogP contribution in [0.15, 0.2) is 23.8 Å². The summed E-state index contributed by atoms with van der Waals surface area (Å²) in [7, 11) is 4.97. The van der Waals surface area contributed by atoms with Crippen molar-refractivity contribution in [2.75, 3.05) is 21.3 Å². The molecule has 0 saturated carbocycles. The first kappa shape index (κ1) is 13.8. The monoisotopic (exact) mass is 262 g/mol. The van der Waals surface area contributed by atoms with Gasteiger partial charge in [-0.05, 0) is 32.3 Å². The molecule has 1 aliphatic rings. The normalized spacial score (nSPS) is 18.7. The SMILES string of the molecule is COc1ccc(C2C=C(C)CCC2)c(OC)c1OC. The Balaban J connectivity index is 2.48. The van der Waals surface area contributed by atoms with E-state index in [0.717, 1.165) is 12.2 Å². The number of ether oxygens (including phenoxy) is 3. The third-order valence-corrected chi connectivity index (χ3v) is 3.71. The van der Waals surface area contributed by atoms with Crippen molar-refractivity contribution in [3.8, 4) is 17.2 Å². The van der Waals surface area contributed by atoms with Crippen LogP contribution in [0.4, 0.5) is 0 Å². The molecule has 0 amide bonds. The smallest absolute Gasteiger partial charge is 0.203 e. The van der Waals surface area contributed by atoms with Crippen LogP contribution < -0.4 is 14.2 Å². The molecule has 1 aliphatic carbocycles. The van der Waals surface area contributed by atoms with Gasteiger partial charge in [-0.2, -0.15) is 0 Å². The molecule has 1 aromatic carbocycles. The molecule has 1 unspecified atom stereocenters. The number of hydrogen-bond donors (Lipinski definition) is 0. The highest BCUT2D eigenvalue weighted by Crippen LogP contribution is 2.45. The van der Waals surface area contributed by atoms with Crippen molar-refractivity contribution in [1.29, 1.82) is 0 Å². The first-order valence-corrected chi connectivity index (χ1v) is 6.67. The fourth-order valence-electron chi connectivity index (χ4n) is 2.77. The molecule has 1 atom stereocenters. The van der Waals surface area contributed by atoms with Crippen molar-refractivity contribution < 1.29 is 14.2 Å². The minimum Gasteiger partial charge on any atom is -0.493 e. The molecule has 1 aromatic rings. The minimum atomic E-state index is 0.406. The predicted octanol–water partition coefficient (Wildman–Crippen LogP) is 3.93. The van der Waals surface area contributed by atoms with E-state index in [1.165, 1.54) is 24.0 Å². The van der Waals surface area contributed by atoms with Crippen LogP contribution in [-0.2, 0) is 0 Å². The van der Waals surface area contributed by atoms with E-state index in [-0.39, 0.29) is 0 Å². The van der Waals surface area contributed by atoms with Gasteiger partial charge in [0, 0.05) is 11.5 Å². The average molecular weight is 262 g/mol. The first-order chi connectivity index (χ1) is 9.21. The lowest BCUT2D eigenvalue weighted by Crippen LogP contribution is -2.06. The molecule has 0 spiro atoms. The number of methoxy groups -OCH3 is 3. The topological polar surface area (TPSA) is 27.7 Å². The molecule has 0 radical (unpaired) electrons. The van der Waals surface area contributed by atoms with Crippen LogP contribution in [0.3, 0.4) is 0 Å². The maximum Gasteiger partial charge on any atom is 0.203 e. The van der Waals surface area contributed by atoms with Crippen molar-refractivity contribution in [1.82, 2.24) is 0 Å². The molecule has 0 fully saturated rings. The Kier molecular flexibility index (Phi) is 4.35. The van der Waals surface area contributed by atoms with Gasteiger partial charge in [-0.15, -0.1) is 0 Å². The summed E-state index contributed by atoms with van der Waals surface area (Å²) in [6.07, 6.45) is 5.92. The summed E-state index contributed by atoms with van der Waals surface area (Å²) in [5, 5.41) is 0.